The van der Waals surface area contributed by atoms with Crippen molar-refractivity contribution in [1.29, 1.82) is 0 Å². The summed E-state index contributed by atoms with van der Waals surface area (Å²) in [5, 5.41) is 0. The van der Waals surface area contributed by atoms with E-state index in [9.17, 15) is 18.0 Å². The summed E-state index contributed by atoms with van der Waals surface area (Å²) in [6, 6.07) is 6.20. The lowest BCUT2D eigenvalue weighted by molar-refractivity contribution is -0.141. The van der Waals surface area contributed by atoms with Crippen LogP contribution in [0.1, 0.15) is 23.2 Å². The molecule has 7 nitrogen and oxygen atoms in total. The number of sulfonamides is 1. The Balaban J connectivity index is 2.17. The van der Waals surface area contributed by atoms with Crippen LogP contribution in [0.3, 0.4) is 0 Å². The van der Waals surface area contributed by atoms with Crippen LogP contribution in [-0.4, -0.2) is 51.6 Å². The molecule has 0 heterocycles. The van der Waals surface area contributed by atoms with Crippen LogP contribution in [0.4, 0.5) is 5.69 Å². The van der Waals surface area contributed by atoms with Gasteiger partial charge in [0.1, 0.15) is 6.54 Å². The fourth-order valence-corrected chi connectivity index (χ4v) is 2.72. The number of nitrogens with one attached hydrogen (secondary N) is 1. The fourth-order valence-electron chi connectivity index (χ4n) is 2.16. The first-order chi connectivity index (χ1) is 10.8. The fraction of sp³-hybridized carbons (Fsp3) is 0.467. The van der Waals surface area contributed by atoms with Crippen molar-refractivity contribution in [2.24, 2.45) is 5.92 Å². The lowest BCUT2D eigenvalue weighted by atomic mass is 10.1. The molecule has 0 aliphatic heterocycles. The SMILES string of the molecule is COC(=O)CN(CC1CC1)C(=O)c1cccc(NS(C)(=O)=O)c1. The molecule has 1 aromatic carbocycles. The number of anilines is 1. The highest BCUT2D eigenvalue weighted by atomic mass is 32.2. The van der Waals surface area contributed by atoms with Gasteiger partial charge in [-0.2, -0.15) is 0 Å². The van der Waals surface area contributed by atoms with E-state index < -0.39 is 16.0 Å². The number of esters is 1. The van der Waals surface area contributed by atoms with Crippen LogP contribution in [0.15, 0.2) is 24.3 Å². The molecule has 0 bridgehead atoms. The number of rotatable bonds is 7. The zero-order valence-electron chi connectivity index (χ0n) is 13.1. The normalized spacial score (nSPS) is 14.2. The Morgan fingerprint density at radius 2 is 2.04 bits per heavy atom. The minimum atomic E-state index is -3.42. The molecule has 0 aromatic heterocycles. The molecular formula is C15H20N2O5S. The van der Waals surface area contributed by atoms with E-state index in [1.165, 1.54) is 18.1 Å². The molecule has 8 heteroatoms. The van der Waals surface area contributed by atoms with Crippen LogP contribution in [0.2, 0.25) is 0 Å². The molecule has 0 atom stereocenters. The van der Waals surface area contributed by atoms with Gasteiger partial charge in [0, 0.05) is 17.8 Å². The molecule has 0 saturated heterocycles. The van der Waals surface area contributed by atoms with Crippen molar-refractivity contribution >= 4 is 27.6 Å². The van der Waals surface area contributed by atoms with Gasteiger partial charge >= 0.3 is 5.97 Å². The Morgan fingerprint density at radius 3 is 2.61 bits per heavy atom. The quantitative estimate of drug-likeness (QED) is 0.750. The smallest absolute Gasteiger partial charge is 0.325 e. The molecule has 1 aliphatic rings. The Hall–Kier alpha value is -2.09. The maximum atomic E-state index is 12.6. The van der Waals surface area contributed by atoms with Crippen molar-refractivity contribution in [3.63, 3.8) is 0 Å². The second-order valence-corrected chi connectivity index (χ2v) is 7.41. The number of nitrogens with zero attached hydrogens (tertiary/aromatic N) is 1. The van der Waals surface area contributed by atoms with Crippen LogP contribution in [0.25, 0.3) is 0 Å². The Morgan fingerprint density at radius 1 is 1.35 bits per heavy atom. The van der Waals surface area contributed by atoms with Crippen LogP contribution in [0.5, 0.6) is 0 Å². The van der Waals surface area contributed by atoms with E-state index in [-0.39, 0.29) is 12.5 Å². The van der Waals surface area contributed by atoms with Crippen LogP contribution in [-0.2, 0) is 19.6 Å². The molecule has 1 aliphatic carbocycles. The van der Waals surface area contributed by atoms with Crippen molar-refractivity contribution in [2.45, 2.75) is 12.8 Å². The number of methoxy groups -OCH3 is 1. The van der Waals surface area contributed by atoms with E-state index in [1.807, 2.05) is 0 Å². The maximum Gasteiger partial charge on any atom is 0.325 e. The van der Waals surface area contributed by atoms with E-state index in [2.05, 4.69) is 9.46 Å². The highest BCUT2D eigenvalue weighted by Gasteiger charge is 2.28. The van der Waals surface area contributed by atoms with Crippen LogP contribution < -0.4 is 4.72 Å². The van der Waals surface area contributed by atoms with E-state index in [1.54, 1.807) is 18.2 Å². The summed E-state index contributed by atoms with van der Waals surface area (Å²) >= 11 is 0. The van der Waals surface area contributed by atoms with Gasteiger partial charge in [0.05, 0.1) is 13.4 Å². The van der Waals surface area contributed by atoms with Gasteiger partial charge < -0.3 is 9.64 Å². The largest absolute Gasteiger partial charge is 0.468 e. The lowest BCUT2D eigenvalue weighted by Crippen LogP contribution is -2.37. The summed E-state index contributed by atoms with van der Waals surface area (Å²) in [5.41, 5.74) is 0.631. The molecule has 0 spiro atoms. The third kappa shape index (κ3) is 5.55. The first-order valence-electron chi connectivity index (χ1n) is 7.22. The van der Waals surface area contributed by atoms with Gasteiger partial charge in [-0.3, -0.25) is 14.3 Å². The number of carbonyl (C=O) groups is 2. The van der Waals surface area contributed by atoms with Gasteiger partial charge in [-0.1, -0.05) is 6.07 Å². The van der Waals surface area contributed by atoms with Gasteiger partial charge in [0.25, 0.3) is 5.91 Å². The molecule has 0 radical (unpaired) electrons. The monoisotopic (exact) mass is 340 g/mol. The summed E-state index contributed by atoms with van der Waals surface area (Å²) in [6.07, 6.45) is 3.12. The van der Waals surface area contributed by atoms with Gasteiger partial charge in [-0.05, 0) is 37.0 Å². The maximum absolute atomic E-state index is 12.6. The molecule has 23 heavy (non-hydrogen) atoms. The highest BCUT2D eigenvalue weighted by Crippen LogP contribution is 2.30. The van der Waals surface area contributed by atoms with Crippen molar-refractivity contribution in [1.82, 2.24) is 4.90 Å². The average molecular weight is 340 g/mol. The average Bonchev–Trinajstić information content (AvgIpc) is 3.28. The van der Waals surface area contributed by atoms with Crippen molar-refractivity contribution in [2.75, 3.05) is 31.2 Å². The number of carbonyl (C=O) groups excluding carboxylic acids is 2. The second-order valence-electron chi connectivity index (χ2n) is 5.66. The Bertz CT molecular complexity index is 698. The number of hydrogen-bond acceptors (Lipinski definition) is 5. The number of benzene rings is 1. The number of hydrogen-bond donors (Lipinski definition) is 1. The van der Waals surface area contributed by atoms with Crippen LogP contribution in [0, 0.1) is 5.92 Å². The molecule has 126 valence electrons. The summed E-state index contributed by atoms with van der Waals surface area (Å²) in [4.78, 5) is 25.6. The summed E-state index contributed by atoms with van der Waals surface area (Å²) in [5.74, 6) is -0.384. The van der Waals surface area contributed by atoms with Crippen molar-refractivity contribution < 1.29 is 22.7 Å². The molecule has 1 amide bonds. The predicted octanol–water partition coefficient (Wildman–Crippen LogP) is 1.08. The van der Waals surface area contributed by atoms with Gasteiger partial charge in [-0.15, -0.1) is 0 Å². The first kappa shape index (κ1) is 17.3. The third-order valence-corrected chi connectivity index (χ3v) is 4.03. The topological polar surface area (TPSA) is 92.8 Å². The van der Waals surface area contributed by atoms with Gasteiger partial charge in [0.15, 0.2) is 0 Å². The lowest BCUT2D eigenvalue weighted by Gasteiger charge is -2.21. The van der Waals surface area contributed by atoms with E-state index in [4.69, 9.17) is 0 Å². The molecule has 1 N–H and O–H groups in total. The van der Waals surface area contributed by atoms with Crippen LogP contribution >= 0.6 is 0 Å². The summed E-state index contributed by atoms with van der Waals surface area (Å²) < 4.78 is 29.5. The molecule has 1 fully saturated rings. The molecular weight excluding hydrogens is 320 g/mol. The number of amides is 1. The Kier molecular flexibility index (Phi) is 5.25. The standard InChI is InChI=1S/C15H20N2O5S/c1-22-14(18)10-17(9-11-6-7-11)15(19)12-4-3-5-13(8-12)16-23(2,20)21/h3-5,8,11,16H,6-7,9-10H2,1-2H3. The van der Waals surface area contributed by atoms with E-state index in [0.717, 1.165) is 19.1 Å². The van der Waals surface area contributed by atoms with Gasteiger partial charge in [0.2, 0.25) is 10.0 Å². The molecule has 0 unspecified atom stereocenters. The number of ether oxygens (including phenoxy) is 1. The van der Waals surface area contributed by atoms with Crippen molar-refractivity contribution in [3.05, 3.63) is 29.8 Å². The van der Waals surface area contributed by atoms with E-state index >= 15 is 0 Å². The van der Waals surface area contributed by atoms with Gasteiger partial charge in [-0.25, -0.2) is 8.42 Å². The second kappa shape index (κ2) is 6.99. The highest BCUT2D eigenvalue weighted by molar-refractivity contribution is 7.92. The minimum absolute atomic E-state index is 0.116. The van der Waals surface area contributed by atoms with Crippen molar-refractivity contribution in [3.8, 4) is 0 Å². The zero-order valence-corrected chi connectivity index (χ0v) is 13.9. The first-order valence-corrected chi connectivity index (χ1v) is 9.11. The molecule has 2 rings (SSSR count). The minimum Gasteiger partial charge on any atom is -0.468 e. The summed E-state index contributed by atoms with van der Waals surface area (Å²) in [7, 11) is -2.14. The molecule has 1 aromatic rings. The zero-order chi connectivity index (χ0) is 17.0. The predicted molar refractivity (Wildman–Crippen MR) is 85.6 cm³/mol. The van der Waals surface area contributed by atoms with E-state index in [0.29, 0.717) is 23.7 Å². The Labute approximate surface area is 135 Å². The third-order valence-electron chi connectivity index (χ3n) is 3.42. The molecule has 1 saturated carbocycles. The summed E-state index contributed by atoms with van der Waals surface area (Å²) in [6.45, 7) is 0.382.